The van der Waals surface area contributed by atoms with E-state index in [0.29, 0.717) is 15.8 Å². The Bertz CT molecular complexity index is 1130. The number of nitrogens with one attached hydrogen (secondary N) is 1. The molecule has 3 aromatic carbocycles. The average molecular weight is 374 g/mol. The second-order valence-corrected chi connectivity index (χ2v) is 6.94. The SMILES string of the molecule is O=C1NC(=Nc2cccc(C(=O)O)c2)S/C1=C\c1cccc2ccccc12. The van der Waals surface area contributed by atoms with Crippen molar-refractivity contribution < 1.29 is 14.7 Å². The molecule has 27 heavy (non-hydrogen) atoms. The molecule has 132 valence electrons. The van der Waals surface area contributed by atoms with Gasteiger partial charge in [-0.3, -0.25) is 4.79 Å². The molecule has 0 spiro atoms. The number of rotatable bonds is 3. The van der Waals surface area contributed by atoms with Crippen LogP contribution in [0.3, 0.4) is 0 Å². The first-order valence-corrected chi connectivity index (χ1v) is 9.02. The quantitative estimate of drug-likeness (QED) is 0.665. The number of hydrogen-bond donors (Lipinski definition) is 2. The van der Waals surface area contributed by atoms with Crippen LogP contribution in [0.5, 0.6) is 0 Å². The molecule has 1 saturated heterocycles. The lowest BCUT2D eigenvalue weighted by atomic mass is 10.0. The molecule has 1 aliphatic heterocycles. The number of carbonyl (C=O) groups excluding carboxylic acids is 1. The normalized spacial score (nSPS) is 16.8. The maximum Gasteiger partial charge on any atom is 0.335 e. The van der Waals surface area contributed by atoms with Crippen LogP contribution in [0, 0.1) is 0 Å². The molecule has 0 atom stereocenters. The summed E-state index contributed by atoms with van der Waals surface area (Å²) in [5, 5.41) is 14.4. The van der Waals surface area contributed by atoms with E-state index >= 15 is 0 Å². The molecule has 0 aromatic heterocycles. The molecule has 5 nitrogen and oxygen atoms in total. The summed E-state index contributed by atoms with van der Waals surface area (Å²) in [6.07, 6.45) is 1.85. The van der Waals surface area contributed by atoms with Gasteiger partial charge in [-0.15, -0.1) is 0 Å². The van der Waals surface area contributed by atoms with Gasteiger partial charge in [0.15, 0.2) is 5.17 Å². The van der Waals surface area contributed by atoms with Crippen molar-refractivity contribution in [3.8, 4) is 0 Å². The van der Waals surface area contributed by atoms with E-state index < -0.39 is 5.97 Å². The van der Waals surface area contributed by atoms with Crippen molar-refractivity contribution in [1.29, 1.82) is 0 Å². The molecule has 0 radical (unpaired) electrons. The first-order valence-electron chi connectivity index (χ1n) is 8.21. The van der Waals surface area contributed by atoms with Gasteiger partial charge in [0.2, 0.25) is 0 Å². The molecule has 1 amide bonds. The molecule has 0 aliphatic carbocycles. The number of fused-ring (bicyclic) bond motifs is 1. The summed E-state index contributed by atoms with van der Waals surface area (Å²) in [7, 11) is 0. The number of amidine groups is 1. The lowest BCUT2D eigenvalue weighted by Gasteiger charge is -2.02. The van der Waals surface area contributed by atoms with Gasteiger partial charge in [0, 0.05) is 0 Å². The zero-order chi connectivity index (χ0) is 18.8. The third kappa shape index (κ3) is 3.61. The largest absolute Gasteiger partial charge is 0.478 e. The van der Waals surface area contributed by atoms with Gasteiger partial charge < -0.3 is 10.4 Å². The Morgan fingerprint density at radius 3 is 2.67 bits per heavy atom. The highest BCUT2D eigenvalue weighted by atomic mass is 32.2. The third-order valence-corrected chi connectivity index (χ3v) is 4.99. The first-order chi connectivity index (χ1) is 13.1. The van der Waals surface area contributed by atoms with E-state index in [0.717, 1.165) is 16.3 Å². The first kappa shape index (κ1) is 17.1. The maximum atomic E-state index is 12.3. The summed E-state index contributed by atoms with van der Waals surface area (Å²) in [5.41, 5.74) is 1.58. The van der Waals surface area contributed by atoms with Crippen molar-refractivity contribution >= 4 is 51.3 Å². The molecular weight excluding hydrogens is 360 g/mol. The molecule has 1 aliphatic rings. The number of carboxylic acid groups (broad SMARTS) is 1. The molecule has 1 heterocycles. The van der Waals surface area contributed by atoms with Crippen LogP contribution in [0.1, 0.15) is 15.9 Å². The van der Waals surface area contributed by atoms with E-state index in [9.17, 15) is 9.59 Å². The number of benzene rings is 3. The Kier molecular flexibility index (Phi) is 4.48. The van der Waals surface area contributed by atoms with Crippen LogP contribution < -0.4 is 5.32 Å². The second-order valence-electron chi connectivity index (χ2n) is 5.91. The van der Waals surface area contributed by atoms with Crippen LogP contribution in [0.25, 0.3) is 16.8 Å². The molecule has 2 N–H and O–H groups in total. The summed E-state index contributed by atoms with van der Waals surface area (Å²) in [6, 6.07) is 20.2. The standard InChI is InChI=1S/C21H14N2O3S/c24-19-18(12-14-7-3-6-13-5-1-2-10-17(13)14)27-21(23-19)22-16-9-4-8-15(11-16)20(25)26/h1-12H,(H,25,26)(H,22,23,24)/b18-12-. The number of nitrogens with zero attached hydrogens (tertiary/aromatic N) is 1. The minimum atomic E-state index is -1.02. The Hall–Kier alpha value is -3.38. The highest BCUT2D eigenvalue weighted by molar-refractivity contribution is 8.18. The number of hydrogen-bond acceptors (Lipinski definition) is 4. The molecule has 1 fully saturated rings. The van der Waals surface area contributed by atoms with Gasteiger partial charge >= 0.3 is 5.97 Å². The zero-order valence-electron chi connectivity index (χ0n) is 14.0. The molecular formula is C21H14N2O3S. The van der Waals surface area contributed by atoms with Crippen LogP contribution in [0.4, 0.5) is 5.69 Å². The minimum absolute atomic E-state index is 0.151. The molecule has 0 saturated carbocycles. The van der Waals surface area contributed by atoms with Crippen molar-refractivity contribution in [2.24, 2.45) is 4.99 Å². The fourth-order valence-corrected chi connectivity index (χ4v) is 3.66. The Labute approximate surface area is 159 Å². The summed E-state index contributed by atoms with van der Waals surface area (Å²) in [4.78, 5) is 28.3. The van der Waals surface area contributed by atoms with E-state index in [1.165, 1.54) is 23.9 Å². The van der Waals surface area contributed by atoms with E-state index in [-0.39, 0.29) is 11.5 Å². The Balaban J connectivity index is 1.65. The van der Waals surface area contributed by atoms with Crippen LogP contribution in [0.2, 0.25) is 0 Å². The van der Waals surface area contributed by atoms with Gasteiger partial charge in [-0.05, 0) is 52.4 Å². The number of thioether (sulfide) groups is 1. The lowest BCUT2D eigenvalue weighted by Crippen LogP contribution is -2.19. The Morgan fingerprint density at radius 2 is 1.81 bits per heavy atom. The molecule has 3 aromatic rings. The molecule has 0 bridgehead atoms. The molecule has 4 rings (SSSR count). The third-order valence-electron chi connectivity index (χ3n) is 4.08. The van der Waals surface area contributed by atoms with E-state index in [4.69, 9.17) is 5.11 Å². The van der Waals surface area contributed by atoms with Crippen molar-refractivity contribution in [3.63, 3.8) is 0 Å². The number of carboxylic acids is 1. The average Bonchev–Trinajstić information content (AvgIpc) is 3.01. The summed E-state index contributed by atoms with van der Waals surface area (Å²) >= 11 is 1.23. The topological polar surface area (TPSA) is 78.8 Å². The van der Waals surface area contributed by atoms with Gasteiger partial charge in [-0.2, -0.15) is 0 Å². The van der Waals surface area contributed by atoms with Crippen LogP contribution >= 0.6 is 11.8 Å². The zero-order valence-corrected chi connectivity index (χ0v) is 14.9. The molecule has 6 heteroatoms. The highest BCUT2D eigenvalue weighted by Gasteiger charge is 2.24. The highest BCUT2D eigenvalue weighted by Crippen LogP contribution is 2.30. The van der Waals surface area contributed by atoms with Crippen molar-refractivity contribution in [2.45, 2.75) is 0 Å². The summed E-state index contributed by atoms with van der Waals surface area (Å²) < 4.78 is 0. The number of aromatic carboxylic acids is 1. The Morgan fingerprint density at radius 1 is 1.04 bits per heavy atom. The van der Waals surface area contributed by atoms with Crippen LogP contribution in [-0.4, -0.2) is 22.2 Å². The number of amides is 1. The van der Waals surface area contributed by atoms with E-state index in [1.54, 1.807) is 12.1 Å². The van der Waals surface area contributed by atoms with E-state index in [2.05, 4.69) is 10.3 Å². The summed E-state index contributed by atoms with van der Waals surface area (Å²) in [5.74, 6) is -1.24. The predicted octanol–water partition coefficient (Wildman–Crippen LogP) is 4.43. The maximum absolute atomic E-state index is 12.3. The van der Waals surface area contributed by atoms with Gasteiger partial charge in [0.1, 0.15) is 0 Å². The van der Waals surface area contributed by atoms with Crippen molar-refractivity contribution in [2.75, 3.05) is 0 Å². The smallest absolute Gasteiger partial charge is 0.335 e. The minimum Gasteiger partial charge on any atom is -0.478 e. The number of aliphatic imine (C=N–C) groups is 1. The van der Waals surface area contributed by atoms with Gasteiger partial charge in [-0.1, -0.05) is 48.5 Å². The monoisotopic (exact) mass is 374 g/mol. The predicted molar refractivity (Wildman–Crippen MR) is 108 cm³/mol. The van der Waals surface area contributed by atoms with Crippen LogP contribution in [-0.2, 0) is 4.79 Å². The van der Waals surface area contributed by atoms with Crippen molar-refractivity contribution in [3.05, 3.63) is 82.8 Å². The molecule has 0 unspecified atom stereocenters. The van der Waals surface area contributed by atoms with Crippen molar-refractivity contribution in [1.82, 2.24) is 5.32 Å². The van der Waals surface area contributed by atoms with E-state index in [1.807, 2.05) is 48.5 Å². The fraction of sp³-hybridized carbons (Fsp3) is 0. The fourth-order valence-electron chi connectivity index (χ4n) is 2.82. The van der Waals surface area contributed by atoms with Gasteiger partial charge in [0.25, 0.3) is 5.91 Å². The lowest BCUT2D eigenvalue weighted by molar-refractivity contribution is -0.115. The summed E-state index contributed by atoms with van der Waals surface area (Å²) in [6.45, 7) is 0. The van der Waals surface area contributed by atoms with Crippen LogP contribution in [0.15, 0.2) is 76.6 Å². The van der Waals surface area contributed by atoms with Gasteiger partial charge in [0.05, 0.1) is 16.2 Å². The second kappa shape index (κ2) is 7.09. The number of carbonyl (C=O) groups is 2. The van der Waals surface area contributed by atoms with Gasteiger partial charge in [-0.25, -0.2) is 9.79 Å².